The number of carbonyl (C=O) groups is 1. The van der Waals surface area contributed by atoms with Crippen LogP contribution < -0.4 is 19.7 Å². The molecular formula is C29H32N4O3. The van der Waals surface area contributed by atoms with Crippen molar-refractivity contribution in [2.45, 2.75) is 39.3 Å². The lowest BCUT2D eigenvalue weighted by Gasteiger charge is -2.30. The Bertz CT molecular complexity index is 1400. The summed E-state index contributed by atoms with van der Waals surface area (Å²) in [7, 11) is 1.60. The molecule has 0 saturated carbocycles. The molecule has 1 amide bonds. The zero-order valence-corrected chi connectivity index (χ0v) is 21.2. The van der Waals surface area contributed by atoms with Crippen molar-refractivity contribution in [3.8, 4) is 11.5 Å². The van der Waals surface area contributed by atoms with Crippen molar-refractivity contribution in [2.75, 3.05) is 30.5 Å². The maximum absolute atomic E-state index is 12.8. The Morgan fingerprint density at radius 1 is 1.00 bits per heavy atom. The number of benzene rings is 3. The van der Waals surface area contributed by atoms with Crippen LogP contribution in [0.4, 0.5) is 11.4 Å². The van der Waals surface area contributed by atoms with E-state index in [1.165, 1.54) is 5.52 Å². The third-order valence-electron chi connectivity index (χ3n) is 6.54. The fourth-order valence-electron chi connectivity index (χ4n) is 4.72. The van der Waals surface area contributed by atoms with Crippen molar-refractivity contribution in [1.82, 2.24) is 9.55 Å². The molecule has 36 heavy (non-hydrogen) atoms. The van der Waals surface area contributed by atoms with Gasteiger partial charge in [0.15, 0.2) is 6.61 Å². The van der Waals surface area contributed by atoms with Crippen LogP contribution in [0.25, 0.3) is 11.0 Å². The van der Waals surface area contributed by atoms with Gasteiger partial charge in [-0.1, -0.05) is 51.1 Å². The van der Waals surface area contributed by atoms with E-state index in [2.05, 4.69) is 41.6 Å². The number of nitrogens with zero attached hydrogens (tertiary/aromatic N) is 3. The predicted molar refractivity (Wildman–Crippen MR) is 143 cm³/mol. The zero-order valence-electron chi connectivity index (χ0n) is 21.2. The van der Waals surface area contributed by atoms with Gasteiger partial charge >= 0.3 is 0 Å². The number of nitrogens with one attached hydrogen (secondary N) is 1. The fourth-order valence-corrected chi connectivity index (χ4v) is 4.72. The van der Waals surface area contributed by atoms with E-state index in [-0.39, 0.29) is 17.9 Å². The molecule has 1 aliphatic heterocycles. The van der Waals surface area contributed by atoms with Crippen LogP contribution in [0.2, 0.25) is 0 Å². The number of rotatable bonds is 6. The van der Waals surface area contributed by atoms with E-state index in [9.17, 15) is 4.79 Å². The molecule has 0 saturated heterocycles. The summed E-state index contributed by atoms with van der Waals surface area (Å²) in [5, 5.41) is 2.97. The van der Waals surface area contributed by atoms with Gasteiger partial charge in [-0.05, 0) is 47.4 Å². The molecule has 1 aromatic heterocycles. The quantitative estimate of drug-likeness (QED) is 0.398. The molecule has 0 atom stereocenters. The highest BCUT2D eigenvalue weighted by Gasteiger charge is 2.22. The van der Waals surface area contributed by atoms with E-state index in [4.69, 9.17) is 14.5 Å². The van der Waals surface area contributed by atoms with Crippen LogP contribution in [-0.2, 0) is 23.3 Å². The van der Waals surface area contributed by atoms with Gasteiger partial charge in [-0.3, -0.25) is 4.79 Å². The molecular weight excluding hydrogens is 452 g/mol. The monoisotopic (exact) mass is 484 g/mol. The smallest absolute Gasteiger partial charge is 0.262 e. The van der Waals surface area contributed by atoms with E-state index in [1.807, 2.05) is 60.7 Å². The summed E-state index contributed by atoms with van der Waals surface area (Å²) in [5.41, 5.74) is 4.79. The molecule has 186 valence electrons. The van der Waals surface area contributed by atoms with Crippen LogP contribution in [0, 0.1) is 0 Å². The Morgan fingerprint density at radius 3 is 2.58 bits per heavy atom. The predicted octanol–water partition coefficient (Wildman–Crippen LogP) is 5.38. The maximum atomic E-state index is 12.8. The summed E-state index contributed by atoms with van der Waals surface area (Å²) in [6.45, 7) is 8.68. The van der Waals surface area contributed by atoms with Crippen LogP contribution in [0.1, 0.15) is 32.2 Å². The number of amides is 1. The molecule has 3 aromatic carbocycles. The SMILES string of the molecule is COc1ccc(N2CCn3c(nc4ccccc43)C2)cc1NC(=O)COc1ccccc1C(C)(C)C. The molecule has 7 heteroatoms. The summed E-state index contributed by atoms with van der Waals surface area (Å²) in [4.78, 5) is 19.9. The van der Waals surface area contributed by atoms with Gasteiger partial charge in [-0.25, -0.2) is 4.98 Å². The Morgan fingerprint density at radius 2 is 1.78 bits per heavy atom. The van der Waals surface area contributed by atoms with Gasteiger partial charge in [0.2, 0.25) is 0 Å². The second kappa shape index (κ2) is 9.57. The minimum atomic E-state index is -0.241. The van der Waals surface area contributed by atoms with Crippen molar-refractivity contribution in [3.05, 3.63) is 78.1 Å². The third kappa shape index (κ3) is 4.73. The van der Waals surface area contributed by atoms with Gasteiger partial charge < -0.3 is 24.3 Å². The average molecular weight is 485 g/mol. The van der Waals surface area contributed by atoms with E-state index < -0.39 is 0 Å². The summed E-state index contributed by atoms with van der Waals surface area (Å²) in [6, 6.07) is 21.9. The second-order valence-electron chi connectivity index (χ2n) is 10.1. The highest BCUT2D eigenvalue weighted by molar-refractivity contribution is 5.94. The van der Waals surface area contributed by atoms with Gasteiger partial charge in [0.1, 0.15) is 17.3 Å². The van der Waals surface area contributed by atoms with Crippen molar-refractivity contribution in [2.24, 2.45) is 0 Å². The normalized spacial score (nSPS) is 13.4. The summed E-state index contributed by atoms with van der Waals surface area (Å²) in [5.74, 6) is 2.12. The first-order valence-electron chi connectivity index (χ1n) is 12.2. The van der Waals surface area contributed by atoms with Gasteiger partial charge in [0.25, 0.3) is 5.91 Å². The molecule has 5 rings (SSSR count). The molecule has 0 spiro atoms. The lowest BCUT2D eigenvalue weighted by Crippen LogP contribution is -2.33. The average Bonchev–Trinajstić information content (AvgIpc) is 3.25. The van der Waals surface area contributed by atoms with E-state index in [1.54, 1.807) is 7.11 Å². The number of anilines is 2. The number of hydrogen-bond acceptors (Lipinski definition) is 5. The van der Waals surface area contributed by atoms with Crippen molar-refractivity contribution < 1.29 is 14.3 Å². The molecule has 0 bridgehead atoms. The van der Waals surface area contributed by atoms with Gasteiger partial charge in [-0.2, -0.15) is 0 Å². The van der Waals surface area contributed by atoms with Gasteiger partial charge in [0, 0.05) is 18.8 Å². The molecule has 1 N–H and O–H groups in total. The first kappa shape index (κ1) is 23.7. The highest BCUT2D eigenvalue weighted by atomic mass is 16.5. The standard InChI is InChI=1S/C29H32N4O3/c1-29(2,3)21-9-5-8-12-25(21)36-19-28(34)31-23-17-20(13-14-26(23)35-4)32-15-16-33-24-11-7-6-10-22(24)30-27(33)18-32/h5-14,17H,15-16,18-19H2,1-4H3,(H,31,34). The van der Waals surface area contributed by atoms with E-state index >= 15 is 0 Å². The van der Waals surface area contributed by atoms with Crippen LogP contribution in [-0.4, -0.2) is 35.7 Å². The summed E-state index contributed by atoms with van der Waals surface area (Å²) >= 11 is 0. The van der Waals surface area contributed by atoms with Crippen molar-refractivity contribution in [3.63, 3.8) is 0 Å². The summed E-state index contributed by atoms with van der Waals surface area (Å²) < 4.78 is 13.7. The van der Waals surface area contributed by atoms with Crippen LogP contribution >= 0.6 is 0 Å². The fraction of sp³-hybridized carbons (Fsp3) is 0.310. The summed E-state index contributed by atoms with van der Waals surface area (Å²) in [6.07, 6.45) is 0. The number of methoxy groups -OCH3 is 1. The first-order chi connectivity index (χ1) is 17.3. The lowest BCUT2D eigenvalue weighted by atomic mass is 9.86. The third-order valence-corrected chi connectivity index (χ3v) is 6.54. The van der Waals surface area contributed by atoms with Crippen molar-refractivity contribution >= 4 is 28.3 Å². The number of ether oxygens (including phenoxy) is 2. The Balaban J connectivity index is 1.31. The number of carbonyl (C=O) groups excluding carboxylic acids is 1. The van der Waals surface area contributed by atoms with E-state index in [0.29, 0.717) is 18.0 Å². The molecule has 7 nitrogen and oxygen atoms in total. The lowest BCUT2D eigenvalue weighted by molar-refractivity contribution is -0.118. The molecule has 2 heterocycles. The molecule has 0 fully saturated rings. The molecule has 0 radical (unpaired) electrons. The number of hydrogen-bond donors (Lipinski definition) is 1. The minimum Gasteiger partial charge on any atom is -0.495 e. The Hall–Kier alpha value is -4.00. The zero-order chi connectivity index (χ0) is 25.3. The largest absolute Gasteiger partial charge is 0.495 e. The minimum absolute atomic E-state index is 0.0837. The molecule has 0 unspecified atom stereocenters. The van der Waals surface area contributed by atoms with Crippen molar-refractivity contribution in [1.29, 1.82) is 0 Å². The van der Waals surface area contributed by atoms with Crippen LogP contribution in [0.3, 0.4) is 0 Å². The topological polar surface area (TPSA) is 68.6 Å². The number of fused-ring (bicyclic) bond motifs is 3. The molecule has 1 aliphatic rings. The van der Waals surface area contributed by atoms with Gasteiger partial charge in [-0.15, -0.1) is 0 Å². The van der Waals surface area contributed by atoms with E-state index in [0.717, 1.165) is 41.4 Å². The van der Waals surface area contributed by atoms with Crippen LogP contribution in [0.5, 0.6) is 11.5 Å². The number of aromatic nitrogens is 2. The van der Waals surface area contributed by atoms with Gasteiger partial charge in [0.05, 0.1) is 30.4 Å². The number of imidazole rings is 1. The highest BCUT2D eigenvalue weighted by Crippen LogP contribution is 2.33. The molecule has 4 aromatic rings. The Kier molecular flexibility index (Phi) is 6.31. The van der Waals surface area contributed by atoms with Crippen LogP contribution in [0.15, 0.2) is 66.7 Å². The molecule has 0 aliphatic carbocycles. The first-order valence-corrected chi connectivity index (χ1v) is 12.2. The Labute approximate surface area is 211 Å². The second-order valence-corrected chi connectivity index (χ2v) is 10.1. The maximum Gasteiger partial charge on any atom is 0.262 e. The number of para-hydroxylation sites is 3.